The van der Waals surface area contributed by atoms with Crippen LogP contribution >= 0.6 is 11.6 Å². The molecule has 2 aromatic heterocycles. The minimum absolute atomic E-state index is 0.0464. The van der Waals surface area contributed by atoms with Gasteiger partial charge in [0.05, 0.1) is 35.9 Å². The van der Waals surface area contributed by atoms with E-state index in [9.17, 15) is 4.79 Å². The Bertz CT molecular complexity index is 1430. The lowest BCUT2D eigenvalue weighted by molar-refractivity contribution is 0.0737. The Kier molecular flexibility index (Phi) is 6.84. The van der Waals surface area contributed by atoms with Gasteiger partial charge in [-0.05, 0) is 56.0 Å². The molecule has 0 saturated heterocycles. The highest BCUT2D eigenvalue weighted by atomic mass is 35.5. The van der Waals surface area contributed by atoms with Crippen molar-refractivity contribution in [3.8, 4) is 17.0 Å². The summed E-state index contributed by atoms with van der Waals surface area (Å²) in [7, 11) is 3.43. The van der Waals surface area contributed by atoms with Crippen LogP contribution in [0.4, 0.5) is 11.6 Å². The third-order valence-corrected chi connectivity index (χ3v) is 7.02. The predicted octanol–water partition coefficient (Wildman–Crippen LogP) is 5.57. The van der Waals surface area contributed by atoms with Crippen molar-refractivity contribution in [3.63, 3.8) is 0 Å². The van der Waals surface area contributed by atoms with Gasteiger partial charge in [0.2, 0.25) is 5.95 Å². The molecule has 0 saturated carbocycles. The number of likely N-dealkylation sites (N-methyl/N-ethyl adjacent to an activating group) is 1. The van der Waals surface area contributed by atoms with Crippen molar-refractivity contribution in [2.45, 2.75) is 38.8 Å². The number of nitrogens with zero attached hydrogens (tertiary/aromatic N) is 5. The van der Waals surface area contributed by atoms with Crippen LogP contribution in [0, 0.1) is 0 Å². The number of hydrogen-bond acceptors (Lipinski definition) is 6. The quantitative estimate of drug-likeness (QED) is 0.346. The number of nitrogens with one attached hydrogen (secondary N) is 1. The minimum Gasteiger partial charge on any atom is -0.495 e. The Hall–Kier alpha value is -3.91. The van der Waals surface area contributed by atoms with Gasteiger partial charge < -0.3 is 15.0 Å². The second-order valence-corrected chi connectivity index (χ2v) is 9.89. The largest absolute Gasteiger partial charge is 0.495 e. The first-order valence-corrected chi connectivity index (χ1v) is 12.6. The number of ether oxygens (including phenoxy) is 1. The molecule has 2 heterocycles. The summed E-state index contributed by atoms with van der Waals surface area (Å²) >= 11 is 6.39. The molecule has 1 amide bonds. The fraction of sp³-hybridized carbons (Fsp3) is 0.286. The molecule has 4 aromatic rings. The number of rotatable bonds is 7. The molecule has 5 rings (SSSR count). The summed E-state index contributed by atoms with van der Waals surface area (Å²) in [6.07, 6.45) is 6.92. The van der Waals surface area contributed by atoms with Crippen LogP contribution in [0.1, 0.15) is 41.4 Å². The van der Waals surface area contributed by atoms with Gasteiger partial charge in [0.1, 0.15) is 5.75 Å². The Morgan fingerprint density at radius 3 is 2.54 bits per heavy atom. The Labute approximate surface area is 221 Å². The fourth-order valence-electron chi connectivity index (χ4n) is 4.60. The molecule has 0 aliphatic heterocycles. The van der Waals surface area contributed by atoms with E-state index in [1.165, 1.54) is 11.1 Å². The van der Waals surface area contributed by atoms with E-state index in [4.69, 9.17) is 16.3 Å². The molecule has 0 unspecified atom stereocenters. The van der Waals surface area contributed by atoms with E-state index in [-0.39, 0.29) is 18.0 Å². The molecule has 0 spiro atoms. The number of aromatic nitrogens is 4. The molecule has 9 heteroatoms. The van der Waals surface area contributed by atoms with Crippen molar-refractivity contribution < 1.29 is 9.53 Å². The Morgan fingerprint density at radius 2 is 1.89 bits per heavy atom. The van der Waals surface area contributed by atoms with E-state index in [0.717, 1.165) is 18.4 Å². The number of amides is 1. The van der Waals surface area contributed by atoms with Crippen LogP contribution < -0.4 is 10.1 Å². The van der Waals surface area contributed by atoms with Crippen LogP contribution in [0.5, 0.6) is 5.75 Å². The molecule has 0 radical (unpaired) electrons. The van der Waals surface area contributed by atoms with E-state index < -0.39 is 0 Å². The van der Waals surface area contributed by atoms with E-state index in [0.29, 0.717) is 33.7 Å². The molecule has 37 heavy (non-hydrogen) atoms. The molecule has 0 bridgehead atoms. The summed E-state index contributed by atoms with van der Waals surface area (Å²) in [5.41, 5.74) is 5.19. The van der Waals surface area contributed by atoms with Gasteiger partial charge >= 0.3 is 0 Å². The summed E-state index contributed by atoms with van der Waals surface area (Å²) in [6.45, 7) is 4.10. The van der Waals surface area contributed by atoms with Gasteiger partial charge in [-0.25, -0.2) is 9.97 Å². The number of fused-ring (bicyclic) bond motifs is 1. The normalized spacial score (nSPS) is 13.0. The standard InChI is InChI=1S/C28H29ClN6O2/c1-17(2)35-16-21(14-31-35)26-23(29)15-30-28(33-26)32-24-10-9-20(13-25(24)37-4)27(36)34(3)22-11-18-7-5-6-8-19(18)12-22/h5-10,13-17,22H,11-12H2,1-4H3,(H,30,32,33). The minimum atomic E-state index is -0.0464. The lowest BCUT2D eigenvalue weighted by Gasteiger charge is -2.25. The zero-order valence-electron chi connectivity index (χ0n) is 21.3. The number of methoxy groups -OCH3 is 1. The molecule has 2 aromatic carbocycles. The molecule has 0 fully saturated rings. The van der Waals surface area contributed by atoms with Crippen molar-refractivity contribution in [3.05, 3.63) is 82.8 Å². The summed E-state index contributed by atoms with van der Waals surface area (Å²) in [5, 5.41) is 8.00. The first-order chi connectivity index (χ1) is 17.8. The smallest absolute Gasteiger partial charge is 0.254 e. The zero-order chi connectivity index (χ0) is 26.1. The van der Waals surface area contributed by atoms with Crippen molar-refractivity contribution in [1.82, 2.24) is 24.6 Å². The molecule has 8 nitrogen and oxygen atoms in total. The monoisotopic (exact) mass is 516 g/mol. The van der Waals surface area contributed by atoms with Gasteiger partial charge in [-0.2, -0.15) is 5.10 Å². The van der Waals surface area contributed by atoms with Crippen molar-refractivity contribution in [2.75, 3.05) is 19.5 Å². The van der Waals surface area contributed by atoms with E-state index >= 15 is 0 Å². The maximum absolute atomic E-state index is 13.3. The summed E-state index contributed by atoms with van der Waals surface area (Å²) < 4.78 is 7.45. The summed E-state index contributed by atoms with van der Waals surface area (Å²) in [5.74, 6) is 0.825. The van der Waals surface area contributed by atoms with Gasteiger partial charge in [0.15, 0.2) is 0 Å². The molecular formula is C28H29ClN6O2. The molecule has 1 aliphatic rings. The van der Waals surface area contributed by atoms with Gasteiger partial charge in [-0.15, -0.1) is 0 Å². The predicted molar refractivity (Wildman–Crippen MR) is 145 cm³/mol. The van der Waals surface area contributed by atoms with Crippen LogP contribution in [0.2, 0.25) is 5.02 Å². The highest BCUT2D eigenvalue weighted by Crippen LogP contribution is 2.32. The first-order valence-electron chi connectivity index (χ1n) is 12.2. The molecule has 190 valence electrons. The highest BCUT2D eigenvalue weighted by molar-refractivity contribution is 6.32. The van der Waals surface area contributed by atoms with Crippen LogP contribution in [-0.4, -0.2) is 50.8 Å². The number of benzene rings is 2. The average Bonchev–Trinajstić information content (AvgIpc) is 3.57. The molecule has 0 atom stereocenters. The van der Waals surface area contributed by atoms with Crippen molar-refractivity contribution >= 4 is 29.1 Å². The second kappa shape index (κ2) is 10.2. The lowest BCUT2D eigenvalue weighted by atomic mass is 10.1. The first kappa shape index (κ1) is 24.8. The number of halogens is 1. The van der Waals surface area contributed by atoms with Gasteiger partial charge in [0.25, 0.3) is 5.91 Å². The number of carbonyl (C=O) groups excluding carboxylic acids is 1. The average molecular weight is 517 g/mol. The fourth-order valence-corrected chi connectivity index (χ4v) is 4.80. The Balaban J connectivity index is 1.34. The SMILES string of the molecule is COc1cc(C(=O)N(C)C2Cc3ccccc3C2)ccc1Nc1ncc(Cl)c(-c2cnn(C(C)C)c2)n1. The van der Waals surface area contributed by atoms with Crippen molar-refractivity contribution in [2.24, 2.45) is 0 Å². The van der Waals surface area contributed by atoms with Crippen molar-refractivity contribution in [1.29, 1.82) is 0 Å². The number of carbonyl (C=O) groups is 1. The number of anilines is 2. The molecular weight excluding hydrogens is 488 g/mol. The highest BCUT2D eigenvalue weighted by Gasteiger charge is 2.28. The lowest BCUT2D eigenvalue weighted by Crippen LogP contribution is -2.37. The van der Waals surface area contributed by atoms with Gasteiger partial charge in [-0.3, -0.25) is 9.48 Å². The van der Waals surface area contributed by atoms with E-state index in [2.05, 4.69) is 46.4 Å². The Morgan fingerprint density at radius 1 is 1.16 bits per heavy atom. The zero-order valence-corrected chi connectivity index (χ0v) is 22.0. The van der Waals surface area contributed by atoms with Crippen LogP contribution in [0.25, 0.3) is 11.3 Å². The topological polar surface area (TPSA) is 85.2 Å². The van der Waals surface area contributed by atoms with Gasteiger partial charge in [0, 0.05) is 36.5 Å². The maximum Gasteiger partial charge on any atom is 0.254 e. The number of hydrogen-bond donors (Lipinski definition) is 1. The third kappa shape index (κ3) is 5.02. The van der Waals surface area contributed by atoms with Crippen LogP contribution in [-0.2, 0) is 12.8 Å². The van der Waals surface area contributed by atoms with Crippen LogP contribution in [0.15, 0.2) is 61.1 Å². The molecule has 1 aliphatic carbocycles. The van der Waals surface area contributed by atoms with E-state index in [1.54, 1.807) is 37.7 Å². The maximum atomic E-state index is 13.3. The third-order valence-electron chi connectivity index (χ3n) is 6.74. The van der Waals surface area contributed by atoms with Gasteiger partial charge in [-0.1, -0.05) is 35.9 Å². The van der Waals surface area contributed by atoms with E-state index in [1.807, 2.05) is 35.0 Å². The summed E-state index contributed by atoms with van der Waals surface area (Å²) in [4.78, 5) is 24.1. The second-order valence-electron chi connectivity index (χ2n) is 9.48. The summed E-state index contributed by atoms with van der Waals surface area (Å²) in [6, 6.07) is 14.1. The van der Waals surface area contributed by atoms with Crippen LogP contribution in [0.3, 0.4) is 0 Å². The molecule has 1 N–H and O–H groups in total.